The SMILES string of the molecule is CCOC(=O)[C@H]1CCCN(Cc2nc3scc(-c4ccco4)c3c(=O)[nH]2)C1. The molecule has 1 fully saturated rings. The van der Waals surface area contributed by atoms with E-state index in [9.17, 15) is 9.59 Å². The first-order valence-electron chi connectivity index (χ1n) is 9.09. The van der Waals surface area contributed by atoms with Crippen LogP contribution in [0, 0.1) is 5.92 Å². The minimum absolute atomic E-state index is 0.110. The molecule has 0 spiro atoms. The van der Waals surface area contributed by atoms with E-state index in [0.717, 1.165) is 24.9 Å². The van der Waals surface area contributed by atoms with Gasteiger partial charge in [0.2, 0.25) is 0 Å². The second-order valence-electron chi connectivity index (χ2n) is 6.65. The first-order chi connectivity index (χ1) is 13.2. The van der Waals surface area contributed by atoms with Gasteiger partial charge in [-0.3, -0.25) is 14.5 Å². The molecule has 1 aliphatic rings. The topological polar surface area (TPSA) is 88.4 Å². The molecule has 0 unspecified atom stereocenters. The predicted molar refractivity (Wildman–Crippen MR) is 103 cm³/mol. The lowest BCUT2D eigenvalue weighted by Crippen LogP contribution is -2.39. The monoisotopic (exact) mass is 387 g/mol. The molecule has 0 aromatic carbocycles. The molecule has 7 nitrogen and oxygen atoms in total. The second kappa shape index (κ2) is 7.66. The fourth-order valence-electron chi connectivity index (χ4n) is 3.54. The number of esters is 1. The Kier molecular flexibility index (Phi) is 5.09. The van der Waals surface area contributed by atoms with Gasteiger partial charge in [-0.05, 0) is 38.4 Å². The van der Waals surface area contributed by atoms with Crippen molar-refractivity contribution < 1.29 is 13.9 Å². The molecule has 27 heavy (non-hydrogen) atoms. The number of thiophene rings is 1. The van der Waals surface area contributed by atoms with E-state index < -0.39 is 0 Å². The zero-order valence-electron chi connectivity index (χ0n) is 15.1. The number of piperidine rings is 1. The Morgan fingerprint density at radius 2 is 2.41 bits per heavy atom. The summed E-state index contributed by atoms with van der Waals surface area (Å²) in [5.74, 6) is 1.03. The highest BCUT2D eigenvalue weighted by atomic mass is 32.1. The largest absolute Gasteiger partial charge is 0.466 e. The van der Waals surface area contributed by atoms with Gasteiger partial charge in [-0.25, -0.2) is 4.98 Å². The van der Waals surface area contributed by atoms with E-state index in [1.54, 1.807) is 12.3 Å². The molecule has 0 bridgehead atoms. The van der Waals surface area contributed by atoms with Crippen molar-refractivity contribution in [3.05, 3.63) is 40.0 Å². The van der Waals surface area contributed by atoms with E-state index in [0.29, 0.717) is 41.5 Å². The summed E-state index contributed by atoms with van der Waals surface area (Å²) in [5, 5.41) is 2.45. The highest BCUT2D eigenvalue weighted by Gasteiger charge is 2.27. The van der Waals surface area contributed by atoms with E-state index in [4.69, 9.17) is 9.15 Å². The van der Waals surface area contributed by atoms with Crippen LogP contribution >= 0.6 is 11.3 Å². The van der Waals surface area contributed by atoms with Gasteiger partial charge in [0, 0.05) is 17.5 Å². The Morgan fingerprint density at radius 3 is 3.19 bits per heavy atom. The van der Waals surface area contributed by atoms with Gasteiger partial charge in [-0.15, -0.1) is 11.3 Å². The molecule has 1 aliphatic heterocycles. The van der Waals surface area contributed by atoms with E-state index in [1.165, 1.54) is 11.3 Å². The first-order valence-corrected chi connectivity index (χ1v) is 9.97. The first kappa shape index (κ1) is 17.9. The van der Waals surface area contributed by atoms with Crippen molar-refractivity contribution in [2.45, 2.75) is 26.3 Å². The molecule has 4 heterocycles. The lowest BCUT2D eigenvalue weighted by Gasteiger charge is -2.30. The van der Waals surface area contributed by atoms with Gasteiger partial charge < -0.3 is 14.1 Å². The number of aromatic nitrogens is 2. The maximum atomic E-state index is 12.7. The Hall–Kier alpha value is -2.45. The number of H-pyrrole nitrogens is 1. The molecule has 8 heteroatoms. The summed E-state index contributed by atoms with van der Waals surface area (Å²) >= 11 is 1.43. The van der Waals surface area contributed by atoms with Gasteiger partial charge in [0.05, 0.1) is 30.7 Å². The molecular weight excluding hydrogens is 366 g/mol. The van der Waals surface area contributed by atoms with Gasteiger partial charge in [0.15, 0.2) is 0 Å². The summed E-state index contributed by atoms with van der Waals surface area (Å²) in [6.07, 6.45) is 3.36. The highest BCUT2D eigenvalue weighted by molar-refractivity contribution is 7.17. The summed E-state index contributed by atoms with van der Waals surface area (Å²) in [6, 6.07) is 3.63. The fourth-order valence-corrected chi connectivity index (χ4v) is 4.49. The molecule has 142 valence electrons. The van der Waals surface area contributed by atoms with Crippen molar-refractivity contribution >= 4 is 27.5 Å². The van der Waals surface area contributed by atoms with E-state index >= 15 is 0 Å². The minimum Gasteiger partial charge on any atom is -0.466 e. The molecule has 1 N–H and O–H groups in total. The number of likely N-dealkylation sites (tertiary alicyclic amines) is 1. The zero-order chi connectivity index (χ0) is 18.8. The third-order valence-corrected chi connectivity index (χ3v) is 5.65. The van der Waals surface area contributed by atoms with Crippen molar-refractivity contribution in [3.63, 3.8) is 0 Å². The van der Waals surface area contributed by atoms with Gasteiger partial charge in [-0.1, -0.05) is 0 Å². The van der Waals surface area contributed by atoms with Crippen molar-refractivity contribution in [2.24, 2.45) is 5.92 Å². The van der Waals surface area contributed by atoms with Gasteiger partial charge in [-0.2, -0.15) is 0 Å². The number of aromatic amines is 1. The summed E-state index contributed by atoms with van der Waals surface area (Å²) in [7, 11) is 0. The molecule has 0 aliphatic carbocycles. The molecule has 0 saturated carbocycles. The maximum absolute atomic E-state index is 12.7. The van der Waals surface area contributed by atoms with Crippen LogP contribution in [0.15, 0.2) is 33.0 Å². The average Bonchev–Trinajstić information content (AvgIpc) is 3.31. The highest BCUT2D eigenvalue weighted by Crippen LogP contribution is 2.31. The molecule has 0 amide bonds. The lowest BCUT2D eigenvalue weighted by atomic mass is 9.98. The van der Waals surface area contributed by atoms with E-state index in [2.05, 4.69) is 14.9 Å². The quantitative estimate of drug-likeness (QED) is 0.677. The number of nitrogens with one attached hydrogen (secondary N) is 1. The number of nitrogens with zero attached hydrogens (tertiary/aromatic N) is 2. The van der Waals surface area contributed by atoms with Gasteiger partial charge >= 0.3 is 5.97 Å². The maximum Gasteiger partial charge on any atom is 0.310 e. The summed E-state index contributed by atoms with van der Waals surface area (Å²) in [4.78, 5) is 35.0. The lowest BCUT2D eigenvalue weighted by molar-refractivity contribution is -0.150. The summed E-state index contributed by atoms with van der Waals surface area (Å²) in [6.45, 7) is 4.23. The number of fused-ring (bicyclic) bond motifs is 1. The standard InChI is InChI=1S/C19H21N3O4S/c1-2-25-19(24)12-5-3-7-22(9-12)10-15-20-17(23)16-13(11-27-18(16)21-15)14-6-4-8-26-14/h4,6,8,11-12H,2-3,5,7,9-10H2,1H3,(H,20,21,23)/t12-/m0/s1. The van der Waals surface area contributed by atoms with Crippen LogP contribution in [0.4, 0.5) is 0 Å². The zero-order valence-corrected chi connectivity index (χ0v) is 15.9. The second-order valence-corrected chi connectivity index (χ2v) is 7.50. The van der Waals surface area contributed by atoms with E-state index in [-0.39, 0.29) is 17.4 Å². The normalized spacial score (nSPS) is 18.0. The third-order valence-electron chi connectivity index (χ3n) is 4.78. The van der Waals surface area contributed by atoms with Crippen LogP contribution in [-0.4, -0.2) is 40.5 Å². The summed E-state index contributed by atoms with van der Waals surface area (Å²) < 4.78 is 10.6. The number of hydrogen-bond donors (Lipinski definition) is 1. The number of ether oxygens (including phenoxy) is 1. The van der Waals surface area contributed by atoms with Crippen LogP contribution in [-0.2, 0) is 16.1 Å². The smallest absolute Gasteiger partial charge is 0.310 e. The Balaban J connectivity index is 1.55. The molecule has 0 radical (unpaired) electrons. The van der Waals surface area contributed by atoms with Crippen LogP contribution in [0.1, 0.15) is 25.6 Å². The molecule has 3 aromatic rings. The average molecular weight is 387 g/mol. The Morgan fingerprint density at radius 1 is 1.52 bits per heavy atom. The molecule has 1 saturated heterocycles. The number of hydrogen-bond acceptors (Lipinski definition) is 7. The number of furan rings is 1. The third kappa shape index (κ3) is 3.68. The Labute approximate surface area is 160 Å². The molecule has 3 aromatic heterocycles. The number of carbonyl (C=O) groups is 1. The molecule has 4 rings (SSSR count). The van der Waals surface area contributed by atoms with Crippen LogP contribution in [0.25, 0.3) is 21.5 Å². The van der Waals surface area contributed by atoms with Crippen LogP contribution in [0.2, 0.25) is 0 Å². The molecular formula is C19H21N3O4S. The Bertz CT molecular complexity index is 992. The van der Waals surface area contributed by atoms with E-state index in [1.807, 2.05) is 18.4 Å². The van der Waals surface area contributed by atoms with Crippen molar-refractivity contribution in [1.29, 1.82) is 0 Å². The van der Waals surface area contributed by atoms with Crippen LogP contribution < -0.4 is 5.56 Å². The van der Waals surface area contributed by atoms with Gasteiger partial charge in [0.25, 0.3) is 5.56 Å². The van der Waals surface area contributed by atoms with Crippen LogP contribution in [0.3, 0.4) is 0 Å². The number of rotatable bonds is 5. The minimum atomic E-state index is -0.165. The fraction of sp³-hybridized carbons (Fsp3) is 0.421. The van der Waals surface area contributed by atoms with Crippen LogP contribution in [0.5, 0.6) is 0 Å². The summed E-state index contributed by atoms with van der Waals surface area (Å²) in [5.41, 5.74) is 0.599. The van der Waals surface area contributed by atoms with Crippen molar-refractivity contribution in [2.75, 3.05) is 19.7 Å². The van der Waals surface area contributed by atoms with Crippen molar-refractivity contribution in [1.82, 2.24) is 14.9 Å². The number of carbonyl (C=O) groups excluding carboxylic acids is 1. The molecule has 1 atom stereocenters. The van der Waals surface area contributed by atoms with Gasteiger partial charge in [0.1, 0.15) is 16.4 Å². The van der Waals surface area contributed by atoms with Crippen molar-refractivity contribution in [3.8, 4) is 11.3 Å². The predicted octanol–water partition coefficient (Wildman–Crippen LogP) is 3.02.